The molecule has 0 spiro atoms. The fraction of sp³-hybridized carbons (Fsp3) is 0.423. The van der Waals surface area contributed by atoms with E-state index in [2.05, 4.69) is 44.2 Å². The first-order valence-corrected chi connectivity index (χ1v) is 12.8. The summed E-state index contributed by atoms with van der Waals surface area (Å²) < 4.78 is 13.2. The molecule has 0 aliphatic carbocycles. The standard InChI is InChI=1S/C26H31N9O3.ClH/c1-17-15-35(8-7-32(17)2)24-19(13-21-23(30-24)31-26(38-21)34-9-11-37-12-10-34)25(36)29-22-6-4-5-20(28-22)18-14-27-33(3)16-18;/h4-6,13-14,16-17H,7-12,15H2,1-3H3,(H,28,29,36);1H/t17-;/m0./s1. The van der Waals surface area contributed by atoms with E-state index in [4.69, 9.17) is 14.1 Å². The first-order valence-electron chi connectivity index (χ1n) is 12.8. The quantitative estimate of drug-likeness (QED) is 0.395. The molecule has 12 nitrogen and oxygen atoms in total. The molecule has 0 aromatic carbocycles. The van der Waals surface area contributed by atoms with E-state index in [0.717, 1.165) is 30.9 Å². The lowest BCUT2D eigenvalue weighted by Gasteiger charge is -2.38. The fourth-order valence-corrected chi connectivity index (χ4v) is 4.78. The molecule has 6 rings (SSSR count). The first kappa shape index (κ1) is 26.9. The number of nitrogens with zero attached hydrogens (tertiary/aromatic N) is 8. The van der Waals surface area contributed by atoms with Gasteiger partial charge in [0, 0.05) is 63.6 Å². The van der Waals surface area contributed by atoms with Gasteiger partial charge in [0.1, 0.15) is 11.6 Å². The number of ether oxygens (including phenoxy) is 1. The van der Waals surface area contributed by atoms with Gasteiger partial charge in [-0.25, -0.2) is 9.97 Å². The van der Waals surface area contributed by atoms with Gasteiger partial charge in [0.05, 0.1) is 30.7 Å². The van der Waals surface area contributed by atoms with Crippen LogP contribution in [0.3, 0.4) is 0 Å². The zero-order valence-corrected chi connectivity index (χ0v) is 23.0. The van der Waals surface area contributed by atoms with Crippen molar-refractivity contribution in [2.24, 2.45) is 7.05 Å². The van der Waals surface area contributed by atoms with Crippen molar-refractivity contribution >= 4 is 47.2 Å². The maximum atomic E-state index is 13.7. The molecule has 6 heterocycles. The number of aryl methyl sites for hydroxylation is 1. The van der Waals surface area contributed by atoms with Crippen molar-refractivity contribution in [1.82, 2.24) is 29.6 Å². The van der Waals surface area contributed by atoms with Crippen LogP contribution in [0.25, 0.3) is 22.5 Å². The summed E-state index contributed by atoms with van der Waals surface area (Å²) in [4.78, 5) is 34.3. The Morgan fingerprint density at radius 3 is 2.62 bits per heavy atom. The molecule has 0 radical (unpaired) electrons. The summed E-state index contributed by atoms with van der Waals surface area (Å²) >= 11 is 0. The van der Waals surface area contributed by atoms with Crippen molar-refractivity contribution in [2.45, 2.75) is 13.0 Å². The van der Waals surface area contributed by atoms with Crippen LogP contribution >= 0.6 is 12.4 Å². The molecule has 2 aliphatic rings. The number of oxazole rings is 1. The van der Waals surface area contributed by atoms with Crippen LogP contribution in [-0.2, 0) is 11.8 Å². The second-order valence-corrected chi connectivity index (χ2v) is 9.82. The molecular formula is C26H32ClN9O3. The van der Waals surface area contributed by atoms with Crippen LogP contribution in [0.4, 0.5) is 17.7 Å². The molecule has 39 heavy (non-hydrogen) atoms. The Labute approximate surface area is 232 Å². The Bertz CT molecular complexity index is 1470. The number of morpholine rings is 1. The SMILES string of the molecule is C[C@H]1CN(c2nc3nc(N4CCOCC4)oc3cc2C(=O)Nc2cccc(-c3cnn(C)c3)n2)CCN1C.Cl. The molecule has 2 aliphatic heterocycles. The number of aromatic nitrogens is 5. The molecule has 1 atom stereocenters. The van der Waals surface area contributed by atoms with Crippen molar-refractivity contribution in [3.05, 3.63) is 42.2 Å². The Balaban J connectivity index is 0.00000308. The Morgan fingerprint density at radius 1 is 1.05 bits per heavy atom. The zero-order chi connectivity index (χ0) is 26.2. The largest absolute Gasteiger partial charge is 0.422 e. The van der Waals surface area contributed by atoms with E-state index in [9.17, 15) is 4.79 Å². The average molecular weight is 554 g/mol. The van der Waals surface area contributed by atoms with Gasteiger partial charge in [0.15, 0.2) is 5.58 Å². The molecule has 206 valence electrons. The lowest BCUT2D eigenvalue weighted by Crippen LogP contribution is -2.50. The topological polar surface area (TPSA) is 118 Å². The van der Waals surface area contributed by atoms with E-state index >= 15 is 0 Å². The third-order valence-electron chi connectivity index (χ3n) is 7.13. The van der Waals surface area contributed by atoms with Crippen LogP contribution in [0.15, 0.2) is 41.1 Å². The van der Waals surface area contributed by atoms with Gasteiger partial charge in [-0.1, -0.05) is 6.07 Å². The smallest absolute Gasteiger partial charge is 0.300 e. The molecule has 2 fully saturated rings. The predicted octanol–water partition coefficient (Wildman–Crippen LogP) is 2.67. The lowest BCUT2D eigenvalue weighted by molar-refractivity contribution is 0.102. The Kier molecular flexibility index (Phi) is 7.69. The highest BCUT2D eigenvalue weighted by atomic mass is 35.5. The van der Waals surface area contributed by atoms with E-state index in [1.54, 1.807) is 23.0 Å². The molecule has 1 amide bonds. The number of halogens is 1. The Hall–Kier alpha value is -3.74. The van der Waals surface area contributed by atoms with Crippen molar-refractivity contribution in [3.8, 4) is 11.3 Å². The predicted molar refractivity (Wildman–Crippen MR) is 151 cm³/mol. The Morgan fingerprint density at radius 2 is 1.87 bits per heavy atom. The van der Waals surface area contributed by atoms with Gasteiger partial charge in [-0.15, -0.1) is 12.4 Å². The molecule has 4 aromatic heterocycles. The number of pyridine rings is 2. The van der Waals surface area contributed by atoms with E-state index in [1.807, 2.05) is 30.3 Å². The minimum absolute atomic E-state index is 0. The van der Waals surface area contributed by atoms with Crippen LogP contribution in [-0.4, -0.2) is 94.6 Å². The summed E-state index contributed by atoms with van der Waals surface area (Å²) in [7, 11) is 3.96. The minimum Gasteiger partial charge on any atom is -0.422 e. The molecule has 2 saturated heterocycles. The summed E-state index contributed by atoms with van der Waals surface area (Å²) in [6.45, 7) is 7.18. The monoisotopic (exact) mass is 553 g/mol. The highest BCUT2D eigenvalue weighted by Gasteiger charge is 2.28. The van der Waals surface area contributed by atoms with Crippen molar-refractivity contribution in [3.63, 3.8) is 0 Å². The second-order valence-electron chi connectivity index (χ2n) is 9.82. The highest BCUT2D eigenvalue weighted by Crippen LogP contribution is 2.29. The summed E-state index contributed by atoms with van der Waals surface area (Å²) in [5.41, 5.74) is 2.98. The molecule has 0 bridgehead atoms. The van der Waals surface area contributed by atoms with E-state index < -0.39 is 0 Å². The van der Waals surface area contributed by atoms with Gasteiger partial charge < -0.3 is 29.2 Å². The van der Waals surface area contributed by atoms with Crippen molar-refractivity contribution in [2.75, 3.05) is 68.1 Å². The molecular weight excluding hydrogens is 522 g/mol. The third-order valence-corrected chi connectivity index (χ3v) is 7.13. The van der Waals surface area contributed by atoms with Crippen LogP contribution in [0, 0.1) is 0 Å². The van der Waals surface area contributed by atoms with Crippen LogP contribution in [0.2, 0.25) is 0 Å². The van der Waals surface area contributed by atoms with Crippen molar-refractivity contribution in [1.29, 1.82) is 0 Å². The van der Waals surface area contributed by atoms with Gasteiger partial charge in [-0.3, -0.25) is 9.48 Å². The normalized spacial score (nSPS) is 18.3. The fourth-order valence-electron chi connectivity index (χ4n) is 4.78. The minimum atomic E-state index is -0.304. The molecule has 0 unspecified atom stereocenters. The van der Waals surface area contributed by atoms with Gasteiger partial charge >= 0.3 is 0 Å². The number of amides is 1. The number of piperazine rings is 1. The molecule has 13 heteroatoms. The maximum absolute atomic E-state index is 13.7. The zero-order valence-electron chi connectivity index (χ0n) is 22.2. The van der Waals surface area contributed by atoms with Gasteiger partial charge in [0.25, 0.3) is 11.9 Å². The maximum Gasteiger partial charge on any atom is 0.300 e. The van der Waals surface area contributed by atoms with Crippen molar-refractivity contribution < 1.29 is 13.9 Å². The lowest BCUT2D eigenvalue weighted by atomic mass is 10.1. The number of carbonyl (C=O) groups excluding carboxylic acids is 1. The summed E-state index contributed by atoms with van der Waals surface area (Å²) in [6, 6.07) is 8.08. The van der Waals surface area contributed by atoms with Crippen LogP contribution in [0.5, 0.6) is 0 Å². The number of hydrogen-bond acceptors (Lipinski definition) is 10. The second kappa shape index (κ2) is 11.2. The number of carbonyl (C=O) groups is 1. The summed E-state index contributed by atoms with van der Waals surface area (Å²) in [6.07, 6.45) is 3.63. The molecule has 4 aromatic rings. The van der Waals surface area contributed by atoms with Gasteiger partial charge in [0.2, 0.25) is 5.65 Å². The molecule has 1 N–H and O–H groups in total. The van der Waals surface area contributed by atoms with E-state index in [-0.39, 0.29) is 18.3 Å². The number of anilines is 3. The van der Waals surface area contributed by atoms with E-state index in [1.165, 1.54) is 0 Å². The summed E-state index contributed by atoms with van der Waals surface area (Å²) in [5, 5.41) is 7.18. The van der Waals surface area contributed by atoms with Crippen LogP contribution in [0.1, 0.15) is 17.3 Å². The van der Waals surface area contributed by atoms with Gasteiger partial charge in [-0.2, -0.15) is 10.1 Å². The summed E-state index contributed by atoms with van der Waals surface area (Å²) in [5.74, 6) is 0.738. The highest BCUT2D eigenvalue weighted by molar-refractivity contribution is 6.08. The number of likely N-dealkylation sites (N-methyl/N-ethyl adjacent to an activating group) is 1. The number of rotatable bonds is 5. The number of fused-ring (bicyclic) bond motifs is 1. The number of hydrogen-bond donors (Lipinski definition) is 1. The molecule has 0 saturated carbocycles. The van der Waals surface area contributed by atoms with Crippen LogP contribution < -0.4 is 15.1 Å². The van der Waals surface area contributed by atoms with E-state index in [0.29, 0.717) is 66.8 Å². The number of nitrogens with one attached hydrogen (secondary N) is 1. The average Bonchev–Trinajstić information content (AvgIpc) is 3.56. The van der Waals surface area contributed by atoms with Gasteiger partial charge in [-0.05, 0) is 26.1 Å². The first-order chi connectivity index (χ1) is 18.4. The third kappa shape index (κ3) is 5.54.